The summed E-state index contributed by atoms with van der Waals surface area (Å²) in [5.41, 5.74) is 1.76. The van der Waals surface area contributed by atoms with Crippen molar-refractivity contribution in [1.29, 1.82) is 0 Å². The fourth-order valence-corrected chi connectivity index (χ4v) is 4.23. The first kappa shape index (κ1) is 12.8. The second-order valence-electron chi connectivity index (χ2n) is 5.25. The SMILES string of the molecule is O=[p+]1oc2ccccc2c2cccc(N3CCNCC3)c21. The molecule has 1 aromatic heterocycles. The number of piperazine rings is 1. The lowest BCUT2D eigenvalue weighted by atomic mass is 10.1. The highest BCUT2D eigenvalue weighted by atomic mass is 31.1. The van der Waals surface area contributed by atoms with Gasteiger partial charge in [-0.15, -0.1) is 0 Å². The van der Waals surface area contributed by atoms with Gasteiger partial charge in [-0.25, -0.2) is 4.20 Å². The Morgan fingerprint density at radius 2 is 1.76 bits per heavy atom. The van der Waals surface area contributed by atoms with Crippen molar-refractivity contribution >= 4 is 34.8 Å². The number of fused-ring (bicyclic) bond motifs is 3. The molecular formula is C16H16N2O2P+. The number of nitrogens with zero attached hydrogens (tertiary/aromatic N) is 1. The third kappa shape index (κ3) is 2.11. The minimum absolute atomic E-state index is 0.712. The molecule has 4 rings (SSSR count). The van der Waals surface area contributed by atoms with Crippen LogP contribution in [0.2, 0.25) is 0 Å². The van der Waals surface area contributed by atoms with Crippen molar-refractivity contribution in [2.45, 2.75) is 0 Å². The van der Waals surface area contributed by atoms with Crippen molar-refractivity contribution in [2.24, 2.45) is 0 Å². The second-order valence-corrected chi connectivity index (χ2v) is 6.40. The minimum atomic E-state index is -1.85. The van der Waals surface area contributed by atoms with E-state index in [1.807, 2.05) is 36.4 Å². The van der Waals surface area contributed by atoms with Gasteiger partial charge in [-0.05, 0) is 22.8 Å². The lowest BCUT2D eigenvalue weighted by Gasteiger charge is -2.28. The number of nitrogens with one attached hydrogen (secondary N) is 1. The third-order valence-corrected chi connectivity index (χ3v) is 5.21. The molecule has 0 bridgehead atoms. The van der Waals surface area contributed by atoms with Crippen molar-refractivity contribution in [2.75, 3.05) is 31.1 Å². The molecule has 4 nitrogen and oxygen atoms in total. The Labute approximate surface area is 123 Å². The Hall–Kier alpha value is -1.90. The lowest BCUT2D eigenvalue weighted by molar-refractivity contribution is 0.563. The molecule has 1 unspecified atom stereocenters. The van der Waals surface area contributed by atoms with E-state index in [-0.39, 0.29) is 0 Å². The molecule has 0 radical (unpaired) electrons. The monoisotopic (exact) mass is 299 g/mol. The Morgan fingerprint density at radius 1 is 1.00 bits per heavy atom. The van der Waals surface area contributed by atoms with Crippen molar-refractivity contribution in [3.8, 4) is 0 Å². The van der Waals surface area contributed by atoms with Gasteiger partial charge in [0.1, 0.15) is 0 Å². The molecule has 0 amide bonds. The van der Waals surface area contributed by atoms with E-state index in [9.17, 15) is 4.57 Å². The van der Waals surface area contributed by atoms with Gasteiger partial charge < -0.3 is 10.2 Å². The van der Waals surface area contributed by atoms with Crippen LogP contribution in [0.25, 0.3) is 21.5 Å². The molecule has 0 spiro atoms. The van der Waals surface area contributed by atoms with Gasteiger partial charge in [-0.1, -0.05) is 24.3 Å². The van der Waals surface area contributed by atoms with E-state index in [1.165, 1.54) is 0 Å². The average Bonchev–Trinajstić information content (AvgIpc) is 2.55. The summed E-state index contributed by atoms with van der Waals surface area (Å²) in [5.74, 6) is 0. The van der Waals surface area contributed by atoms with Gasteiger partial charge in [0.25, 0.3) is 5.12 Å². The molecule has 0 saturated carbocycles. The summed E-state index contributed by atoms with van der Waals surface area (Å²) in [7, 11) is -1.85. The Morgan fingerprint density at radius 3 is 2.62 bits per heavy atom. The predicted molar refractivity (Wildman–Crippen MR) is 86.4 cm³/mol. The van der Waals surface area contributed by atoms with Crippen molar-refractivity contribution in [3.05, 3.63) is 42.5 Å². The van der Waals surface area contributed by atoms with E-state index in [2.05, 4.69) is 16.3 Å². The van der Waals surface area contributed by atoms with Crippen LogP contribution >= 0.6 is 7.65 Å². The van der Waals surface area contributed by atoms with Crippen LogP contribution in [0.15, 0.2) is 46.7 Å². The maximum atomic E-state index is 12.6. The number of anilines is 1. The van der Waals surface area contributed by atoms with Crippen LogP contribution in [-0.2, 0) is 4.57 Å². The number of hydrogen-bond acceptors (Lipinski definition) is 4. The van der Waals surface area contributed by atoms with Crippen LogP contribution in [-0.4, -0.2) is 26.2 Å². The van der Waals surface area contributed by atoms with Gasteiger partial charge in [0.2, 0.25) is 0 Å². The van der Waals surface area contributed by atoms with E-state index in [4.69, 9.17) is 4.20 Å². The largest absolute Gasteiger partial charge is 0.600 e. The van der Waals surface area contributed by atoms with E-state index >= 15 is 0 Å². The molecule has 1 atom stereocenters. The highest BCUT2D eigenvalue weighted by molar-refractivity contribution is 7.37. The first-order valence-corrected chi connectivity index (χ1v) is 8.35. The van der Waals surface area contributed by atoms with Crippen molar-refractivity contribution in [1.82, 2.24) is 5.32 Å². The molecule has 2 heterocycles. The quantitative estimate of drug-likeness (QED) is 0.695. The molecule has 1 aliphatic rings. The second kappa shape index (κ2) is 5.14. The van der Waals surface area contributed by atoms with Gasteiger partial charge in [-0.3, -0.25) is 0 Å². The molecule has 1 fully saturated rings. The number of benzene rings is 2. The van der Waals surface area contributed by atoms with Crippen LogP contribution in [0.3, 0.4) is 0 Å². The van der Waals surface area contributed by atoms with Gasteiger partial charge in [0.05, 0.1) is 5.69 Å². The fraction of sp³-hybridized carbons (Fsp3) is 0.250. The molecule has 1 aliphatic heterocycles. The first-order chi connectivity index (χ1) is 10.3. The summed E-state index contributed by atoms with van der Waals surface area (Å²) in [6.07, 6.45) is 0. The zero-order chi connectivity index (χ0) is 14.2. The van der Waals surface area contributed by atoms with Crippen molar-refractivity contribution < 1.29 is 8.76 Å². The van der Waals surface area contributed by atoms with Gasteiger partial charge >= 0.3 is 7.65 Å². The topological polar surface area (TPSA) is 45.5 Å². The molecule has 1 N–H and O–H groups in total. The van der Waals surface area contributed by atoms with Gasteiger partial charge in [0, 0.05) is 37.0 Å². The smallest absolute Gasteiger partial charge is 0.365 e. The van der Waals surface area contributed by atoms with Crippen LogP contribution in [0, 0.1) is 0 Å². The van der Waals surface area contributed by atoms with E-state index in [0.29, 0.717) is 5.58 Å². The van der Waals surface area contributed by atoms with Gasteiger partial charge in [0.15, 0.2) is 5.58 Å². The molecule has 3 aromatic rings. The van der Waals surface area contributed by atoms with Crippen LogP contribution in [0.1, 0.15) is 0 Å². The Bertz CT molecular complexity index is 869. The first-order valence-electron chi connectivity index (χ1n) is 7.18. The molecule has 1 saturated heterocycles. The summed E-state index contributed by atoms with van der Waals surface area (Å²) in [4.78, 5) is 2.29. The number of hydrogen-bond donors (Lipinski definition) is 1. The average molecular weight is 299 g/mol. The summed E-state index contributed by atoms with van der Waals surface area (Å²) in [6, 6.07) is 13.9. The van der Waals surface area contributed by atoms with Crippen LogP contribution in [0.4, 0.5) is 5.69 Å². The van der Waals surface area contributed by atoms with Crippen LogP contribution in [0.5, 0.6) is 0 Å². The van der Waals surface area contributed by atoms with Gasteiger partial charge in [-0.2, -0.15) is 0 Å². The normalized spacial score (nSPS) is 16.6. The standard InChI is InChI=1S/C16H16N2O2P/c19-21-16-13(12-4-1-2-7-15(12)20-21)5-3-6-14(16)18-10-8-17-9-11-18/h1-7,17H,8-11H2/q+1. The lowest BCUT2D eigenvalue weighted by Crippen LogP contribution is -2.43. The molecule has 5 heteroatoms. The molecule has 21 heavy (non-hydrogen) atoms. The maximum absolute atomic E-state index is 12.6. The maximum Gasteiger partial charge on any atom is 0.600 e. The fourth-order valence-electron chi connectivity index (χ4n) is 3.01. The zero-order valence-electron chi connectivity index (χ0n) is 11.6. The zero-order valence-corrected chi connectivity index (χ0v) is 12.5. The molecular weight excluding hydrogens is 283 g/mol. The Balaban J connectivity index is 2.04. The van der Waals surface area contributed by atoms with Crippen LogP contribution < -0.4 is 10.2 Å². The highest BCUT2D eigenvalue weighted by Gasteiger charge is 2.24. The summed E-state index contributed by atoms with van der Waals surface area (Å²) in [6.45, 7) is 3.78. The summed E-state index contributed by atoms with van der Waals surface area (Å²) in [5, 5.41) is 6.25. The number of rotatable bonds is 1. The number of para-hydroxylation sites is 1. The third-order valence-electron chi connectivity index (χ3n) is 4.01. The summed E-state index contributed by atoms with van der Waals surface area (Å²) < 4.78 is 18.3. The highest BCUT2D eigenvalue weighted by Crippen LogP contribution is 2.40. The van der Waals surface area contributed by atoms with E-state index in [1.54, 1.807) is 0 Å². The van der Waals surface area contributed by atoms with Crippen molar-refractivity contribution in [3.63, 3.8) is 0 Å². The molecule has 2 aromatic carbocycles. The predicted octanol–water partition coefficient (Wildman–Crippen LogP) is 3.74. The van der Waals surface area contributed by atoms with E-state index < -0.39 is 7.65 Å². The summed E-state index contributed by atoms with van der Waals surface area (Å²) >= 11 is 0. The van der Waals surface area contributed by atoms with E-state index in [0.717, 1.165) is 47.8 Å². The minimum Gasteiger partial charge on any atom is -0.365 e. The molecule has 0 aliphatic carbocycles. The Kier molecular flexibility index (Phi) is 3.13. The molecule has 106 valence electrons.